The molecule has 0 aromatic heterocycles. The summed E-state index contributed by atoms with van der Waals surface area (Å²) in [5.41, 5.74) is 7.88. The first-order valence-electron chi connectivity index (χ1n) is 6.27. The number of nitrogens with two attached hydrogens (primary N) is 1. The van der Waals surface area contributed by atoms with Crippen molar-refractivity contribution in [2.24, 2.45) is 5.73 Å². The lowest BCUT2D eigenvalue weighted by molar-refractivity contribution is 0.384. The van der Waals surface area contributed by atoms with Crippen LogP contribution in [0.5, 0.6) is 11.5 Å². The van der Waals surface area contributed by atoms with E-state index in [2.05, 4.69) is 5.32 Å². The number of rotatable bonds is 7. The molecule has 0 saturated carbocycles. The van der Waals surface area contributed by atoms with Crippen molar-refractivity contribution in [3.8, 4) is 11.5 Å². The Morgan fingerprint density at radius 3 is 2.56 bits per heavy atom. The fourth-order valence-electron chi connectivity index (χ4n) is 1.93. The summed E-state index contributed by atoms with van der Waals surface area (Å²) >= 11 is 0. The van der Waals surface area contributed by atoms with Crippen molar-refractivity contribution in [1.82, 2.24) is 5.32 Å². The number of methoxy groups -OCH3 is 2. The Morgan fingerprint density at radius 2 is 2.00 bits per heavy atom. The molecule has 102 valence electrons. The fourth-order valence-corrected chi connectivity index (χ4v) is 1.93. The van der Waals surface area contributed by atoms with Gasteiger partial charge in [0, 0.05) is 23.7 Å². The lowest BCUT2D eigenvalue weighted by atomic mass is 10.1. The Hall–Kier alpha value is -1.26. The minimum Gasteiger partial charge on any atom is -0.496 e. The van der Waals surface area contributed by atoms with Crippen molar-refractivity contribution in [1.29, 1.82) is 0 Å². The van der Waals surface area contributed by atoms with Crippen LogP contribution >= 0.6 is 0 Å². The molecule has 0 saturated heterocycles. The summed E-state index contributed by atoms with van der Waals surface area (Å²) in [6, 6.07) is 4.24. The molecule has 1 rings (SSSR count). The van der Waals surface area contributed by atoms with E-state index in [9.17, 15) is 0 Å². The van der Waals surface area contributed by atoms with Crippen LogP contribution in [0.3, 0.4) is 0 Å². The van der Waals surface area contributed by atoms with Gasteiger partial charge in [0.25, 0.3) is 0 Å². The topological polar surface area (TPSA) is 56.5 Å². The van der Waals surface area contributed by atoms with Gasteiger partial charge >= 0.3 is 0 Å². The molecule has 0 bridgehead atoms. The van der Waals surface area contributed by atoms with Crippen LogP contribution in [0.2, 0.25) is 0 Å². The molecule has 1 aromatic carbocycles. The number of nitrogens with one attached hydrogen (secondary N) is 1. The molecule has 4 heteroatoms. The minimum atomic E-state index is 0.233. The first-order valence-corrected chi connectivity index (χ1v) is 6.27. The molecule has 18 heavy (non-hydrogen) atoms. The van der Waals surface area contributed by atoms with E-state index in [0.29, 0.717) is 0 Å². The van der Waals surface area contributed by atoms with Crippen LogP contribution in [0.4, 0.5) is 0 Å². The summed E-state index contributed by atoms with van der Waals surface area (Å²) in [6.45, 7) is 5.70. The molecule has 1 aromatic rings. The van der Waals surface area contributed by atoms with E-state index in [1.54, 1.807) is 14.2 Å². The van der Waals surface area contributed by atoms with Gasteiger partial charge in [-0.15, -0.1) is 0 Å². The Labute approximate surface area is 109 Å². The average Bonchev–Trinajstić information content (AvgIpc) is 2.34. The van der Waals surface area contributed by atoms with Crippen LogP contribution < -0.4 is 20.5 Å². The SMILES string of the molecule is COc1ccc(CNCCC(C)N)c(OC)c1C. The Kier molecular flexibility index (Phi) is 5.95. The van der Waals surface area contributed by atoms with Crippen molar-refractivity contribution in [3.05, 3.63) is 23.3 Å². The van der Waals surface area contributed by atoms with Crippen LogP contribution in [0.15, 0.2) is 12.1 Å². The molecule has 0 amide bonds. The maximum atomic E-state index is 5.71. The van der Waals surface area contributed by atoms with E-state index >= 15 is 0 Å². The predicted octanol–water partition coefficient (Wildman–Crippen LogP) is 1.84. The highest BCUT2D eigenvalue weighted by molar-refractivity contribution is 5.49. The highest BCUT2D eigenvalue weighted by Gasteiger charge is 2.10. The summed E-state index contributed by atoms with van der Waals surface area (Å²) in [6.07, 6.45) is 0.970. The third kappa shape index (κ3) is 3.89. The van der Waals surface area contributed by atoms with Crippen LogP contribution in [0, 0.1) is 6.92 Å². The molecule has 0 heterocycles. The van der Waals surface area contributed by atoms with Crippen molar-refractivity contribution in [2.45, 2.75) is 32.9 Å². The van der Waals surface area contributed by atoms with Crippen molar-refractivity contribution in [2.75, 3.05) is 20.8 Å². The average molecular weight is 252 g/mol. The normalized spacial score (nSPS) is 12.3. The molecule has 0 fully saturated rings. The zero-order valence-electron chi connectivity index (χ0n) is 11.7. The largest absolute Gasteiger partial charge is 0.496 e. The van der Waals surface area contributed by atoms with E-state index < -0.39 is 0 Å². The van der Waals surface area contributed by atoms with Gasteiger partial charge in [0.2, 0.25) is 0 Å². The first kappa shape index (κ1) is 14.8. The molecule has 1 atom stereocenters. The minimum absolute atomic E-state index is 0.233. The van der Waals surface area contributed by atoms with Gasteiger partial charge in [-0.3, -0.25) is 0 Å². The van der Waals surface area contributed by atoms with Gasteiger partial charge in [-0.05, 0) is 32.9 Å². The second kappa shape index (κ2) is 7.24. The van der Waals surface area contributed by atoms with E-state index in [4.69, 9.17) is 15.2 Å². The van der Waals surface area contributed by atoms with Crippen molar-refractivity contribution < 1.29 is 9.47 Å². The van der Waals surface area contributed by atoms with E-state index in [-0.39, 0.29) is 6.04 Å². The molecule has 4 nitrogen and oxygen atoms in total. The van der Waals surface area contributed by atoms with Gasteiger partial charge in [0.15, 0.2) is 0 Å². The van der Waals surface area contributed by atoms with Crippen molar-refractivity contribution in [3.63, 3.8) is 0 Å². The summed E-state index contributed by atoms with van der Waals surface area (Å²) in [5.74, 6) is 1.74. The monoisotopic (exact) mass is 252 g/mol. The molecule has 0 radical (unpaired) electrons. The third-order valence-electron chi connectivity index (χ3n) is 2.95. The number of hydrogen-bond acceptors (Lipinski definition) is 4. The number of ether oxygens (including phenoxy) is 2. The quantitative estimate of drug-likeness (QED) is 0.727. The number of benzene rings is 1. The summed E-state index contributed by atoms with van der Waals surface area (Å²) in [7, 11) is 3.36. The molecule has 0 spiro atoms. The summed E-state index contributed by atoms with van der Waals surface area (Å²) < 4.78 is 10.7. The van der Waals surface area contributed by atoms with E-state index in [1.165, 1.54) is 0 Å². The molecular weight excluding hydrogens is 228 g/mol. The highest BCUT2D eigenvalue weighted by atomic mass is 16.5. The molecule has 3 N–H and O–H groups in total. The summed E-state index contributed by atoms with van der Waals surface area (Å²) in [5, 5.41) is 3.37. The first-order chi connectivity index (χ1) is 8.60. The van der Waals surface area contributed by atoms with Crippen LogP contribution in [0.1, 0.15) is 24.5 Å². The smallest absolute Gasteiger partial charge is 0.129 e. The van der Waals surface area contributed by atoms with E-state index in [0.717, 1.165) is 42.1 Å². The van der Waals surface area contributed by atoms with Gasteiger partial charge < -0.3 is 20.5 Å². The Bertz CT molecular complexity index is 378. The van der Waals surface area contributed by atoms with Gasteiger partial charge in [-0.2, -0.15) is 0 Å². The third-order valence-corrected chi connectivity index (χ3v) is 2.95. The van der Waals surface area contributed by atoms with Gasteiger partial charge in [-0.25, -0.2) is 0 Å². The molecule has 0 aliphatic heterocycles. The summed E-state index contributed by atoms with van der Waals surface area (Å²) in [4.78, 5) is 0. The van der Waals surface area contributed by atoms with Gasteiger partial charge in [0.05, 0.1) is 14.2 Å². The lowest BCUT2D eigenvalue weighted by Crippen LogP contribution is -2.23. The predicted molar refractivity (Wildman–Crippen MR) is 74.3 cm³/mol. The van der Waals surface area contributed by atoms with E-state index in [1.807, 2.05) is 26.0 Å². The highest BCUT2D eigenvalue weighted by Crippen LogP contribution is 2.31. The lowest BCUT2D eigenvalue weighted by Gasteiger charge is -2.15. The second-order valence-electron chi connectivity index (χ2n) is 4.53. The van der Waals surface area contributed by atoms with Gasteiger partial charge in [0.1, 0.15) is 11.5 Å². The van der Waals surface area contributed by atoms with Crippen molar-refractivity contribution >= 4 is 0 Å². The van der Waals surface area contributed by atoms with Crippen LogP contribution in [-0.2, 0) is 6.54 Å². The molecule has 0 aliphatic carbocycles. The fraction of sp³-hybridized carbons (Fsp3) is 0.571. The van der Waals surface area contributed by atoms with Gasteiger partial charge in [-0.1, -0.05) is 6.07 Å². The molecular formula is C14H24N2O2. The zero-order valence-corrected chi connectivity index (χ0v) is 11.7. The maximum Gasteiger partial charge on any atom is 0.129 e. The second-order valence-corrected chi connectivity index (χ2v) is 4.53. The number of hydrogen-bond donors (Lipinski definition) is 2. The standard InChI is InChI=1S/C14H24N2O2/c1-10(15)7-8-16-9-12-5-6-13(17-3)11(2)14(12)18-4/h5-6,10,16H,7-9,15H2,1-4H3. The molecule has 1 unspecified atom stereocenters. The van der Waals surface area contributed by atoms with Crippen LogP contribution in [0.25, 0.3) is 0 Å². The maximum absolute atomic E-state index is 5.71. The Morgan fingerprint density at radius 1 is 1.28 bits per heavy atom. The molecule has 0 aliphatic rings. The zero-order chi connectivity index (χ0) is 13.5. The van der Waals surface area contributed by atoms with Crippen LogP contribution in [-0.4, -0.2) is 26.8 Å². The Balaban J connectivity index is 2.68.